The molecule has 1 fully saturated rings. The number of benzene rings is 1. The van der Waals surface area contributed by atoms with Crippen molar-refractivity contribution in [1.82, 2.24) is 0 Å². The van der Waals surface area contributed by atoms with Gasteiger partial charge in [0.25, 0.3) is 0 Å². The lowest BCUT2D eigenvalue weighted by atomic mass is 9.77. The fourth-order valence-corrected chi connectivity index (χ4v) is 3.90. The van der Waals surface area contributed by atoms with Gasteiger partial charge in [-0.25, -0.2) is 0 Å². The predicted octanol–water partition coefficient (Wildman–Crippen LogP) is 5.30. The van der Waals surface area contributed by atoms with Gasteiger partial charge in [-0.15, -0.1) is 0 Å². The van der Waals surface area contributed by atoms with Crippen LogP contribution in [0, 0.1) is 15.4 Å². The van der Waals surface area contributed by atoms with Crippen molar-refractivity contribution < 1.29 is 5.11 Å². The van der Waals surface area contributed by atoms with Gasteiger partial charge in [0.15, 0.2) is 0 Å². The maximum atomic E-state index is 10.6. The standard InChI is InChI=1S/C15H20BrIO/c1-2-10-3-5-11(6-4-10)15(18)13-9-12(17)7-8-14(13)16/h7-11,15,18H,2-6H2,1H3. The molecule has 100 valence electrons. The summed E-state index contributed by atoms with van der Waals surface area (Å²) >= 11 is 5.86. The second-order valence-corrected chi connectivity index (χ2v) is 7.40. The van der Waals surface area contributed by atoms with E-state index < -0.39 is 0 Å². The first kappa shape index (κ1) is 14.8. The first-order chi connectivity index (χ1) is 8.61. The lowest BCUT2D eigenvalue weighted by Gasteiger charge is -2.31. The Kier molecular flexibility index (Phi) is 5.51. The van der Waals surface area contributed by atoms with Gasteiger partial charge in [-0.1, -0.05) is 42.1 Å². The molecule has 0 aliphatic heterocycles. The number of aliphatic hydroxyl groups is 1. The number of hydrogen-bond acceptors (Lipinski definition) is 1. The van der Waals surface area contributed by atoms with E-state index in [-0.39, 0.29) is 6.10 Å². The highest BCUT2D eigenvalue weighted by Crippen LogP contribution is 2.39. The fraction of sp³-hybridized carbons (Fsp3) is 0.600. The van der Waals surface area contributed by atoms with E-state index in [0.29, 0.717) is 5.92 Å². The summed E-state index contributed by atoms with van der Waals surface area (Å²) in [5.41, 5.74) is 1.06. The van der Waals surface area contributed by atoms with E-state index in [9.17, 15) is 5.11 Å². The van der Waals surface area contributed by atoms with Crippen molar-refractivity contribution in [2.45, 2.75) is 45.1 Å². The minimum absolute atomic E-state index is 0.313. The summed E-state index contributed by atoms with van der Waals surface area (Å²) < 4.78 is 2.22. The molecule has 0 amide bonds. The molecule has 1 atom stereocenters. The third-order valence-electron chi connectivity index (χ3n) is 4.19. The van der Waals surface area contributed by atoms with Crippen LogP contribution >= 0.6 is 38.5 Å². The van der Waals surface area contributed by atoms with Crippen LogP contribution < -0.4 is 0 Å². The molecule has 1 N–H and O–H groups in total. The van der Waals surface area contributed by atoms with E-state index in [0.717, 1.165) is 28.8 Å². The summed E-state index contributed by atoms with van der Waals surface area (Å²) in [4.78, 5) is 0. The minimum atomic E-state index is -0.313. The fourth-order valence-electron chi connectivity index (χ4n) is 2.91. The van der Waals surface area contributed by atoms with E-state index in [1.54, 1.807) is 0 Å². The molecule has 0 radical (unpaired) electrons. The summed E-state index contributed by atoms with van der Waals surface area (Å²) in [6.07, 6.45) is 5.86. The molecule has 1 aromatic carbocycles. The second-order valence-electron chi connectivity index (χ2n) is 5.30. The largest absolute Gasteiger partial charge is 0.388 e. The van der Waals surface area contributed by atoms with Crippen molar-refractivity contribution in [3.8, 4) is 0 Å². The first-order valence-corrected chi connectivity index (χ1v) is 8.62. The van der Waals surface area contributed by atoms with Crippen LogP contribution in [0.5, 0.6) is 0 Å². The molecule has 0 spiro atoms. The van der Waals surface area contributed by atoms with Crippen LogP contribution in [-0.4, -0.2) is 5.11 Å². The highest BCUT2D eigenvalue weighted by molar-refractivity contribution is 14.1. The van der Waals surface area contributed by atoms with Crippen molar-refractivity contribution in [2.75, 3.05) is 0 Å². The SMILES string of the molecule is CCC1CCC(C(O)c2cc(I)ccc2Br)CC1. The third kappa shape index (κ3) is 3.48. The normalized spacial score (nSPS) is 26.0. The molecule has 1 saturated carbocycles. The molecule has 3 heteroatoms. The summed E-state index contributed by atoms with van der Waals surface area (Å²) in [7, 11) is 0. The Morgan fingerprint density at radius 3 is 2.61 bits per heavy atom. The highest BCUT2D eigenvalue weighted by atomic mass is 127. The van der Waals surface area contributed by atoms with Crippen LogP contribution in [-0.2, 0) is 0 Å². The molecule has 1 aliphatic rings. The number of aliphatic hydroxyl groups excluding tert-OH is 1. The maximum Gasteiger partial charge on any atom is 0.0829 e. The molecule has 0 bridgehead atoms. The molecular weight excluding hydrogens is 403 g/mol. The van der Waals surface area contributed by atoms with Crippen molar-refractivity contribution in [2.24, 2.45) is 11.8 Å². The van der Waals surface area contributed by atoms with Crippen LogP contribution in [0.15, 0.2) is 22.7 Å². The van der Waals surface area contributed by atoms with Crippen molar-refractivity contribution >= 4 is 38.5 Å². The Morgan fingerprint density at radius 2 is 2.00 bits per heavy atom. The highest BCUT2D eigenvalue weighted by Gasteiger charge is 2.27. The Bertz CT molecular complexity index is 399. The van der Waals surface area contributed by atoms with E-state index in [1.807, 2.05) is 6.07 Å². The molecule has 0 saturated heterocycles. The maximum absolute atomic E-state index is 10.6. The number of halogens is 2. The Balaban J connectivity index is 2.07. The molecule has 1 nitrogen and oxygen atoms in total. The van der Waals surface area contributed by atoms with Gasteiger partial charge in [-0.05, 0) is 71.0 Å². The van der Waals surface area contributed by atoms with Crippen molar-refractivity contribution in [3.63, 3.8) is 0 Å². The van der Waals surface area contributed by atoms with Crippen LogP contribution in [0.4, 0.5) is 0 Å². The van der Waals surface area contributed by atoms with Crippen molar-refractivity contribution in [3.05, 3.63) is 31.8 Å². The monoisotopic (exact) mass is 422 g/mol. The quantitative estimate of drug-likeness (QED) is 0.655. The van der Waals surface area contributed by atoms with Gasteiger partial charge >= 0.3 is 0 Å². The van der Waals surface area contributed by atoms with Gasteiger partial charge in [0, 0.05) is 8.04 Å². The topological polar surface area (TPSA) is 20.2 Å². The van der Waals surface area contributed by atoms with Gasteiger partial charge in [-0.3, -0.25) is 0 Å². The molecule has 2 rings (SSSR count). The van der Waals surface area contributed by atoms with Crippen LogP contribution in [0.3, 0.4) is 0 Å². The average Bonchev–Trinajstić information content (AvgIpc) is 2.41. The molecule has 0 aromatic heterocycles. The van der Waals surface area contributed by atoms with Crippen LogP contribution in [0.2, 0.25) is 0 Å². The zero-order chi connectivity index (χ0) is 13.1. The number of hydrogen-bond donors (Lipinski definition) is 1. The van der Waals surface area contributed by atoms with Crippen molar-refractivity contribution in [1.29, 1.82) is 0 Å². The van der Waals surface area contributed by atoms with Crippen LogP contribution in [0.1, 0.15) is 50.7 Å². The molecule has 1 aromatic rings. The number of rotatable bonds is 3. The second kappa shape index (κ2) is 6.71. The molecule has 1 aliphatic carbocycles. The zero-order valence-electron chi connectivity index (χ0n) is 10.7. The minimum Gasteiger partial charge on any atom is -0.388 e. The van der Waals surface area contributed by atoms with Gasteiger partial charge in [0.2, 0.25) is 0 Å². The molecular formula is C15H20BrIO. The third-order valence-corrected chi connectivity index (χ3v) is 5.59. The zero-order valence-corrected chi connectivity index (χ0v) is 14.4. The van der Waals surface area contributed by atoms with Gasteiger partial charge < -0.3 is 5.11 Å². The lowest BCUT2D eigenvalue weighted by Crippen LogP contribution is -2.20. The average molecular weight is 423 g/mol. The molecule has 0 heterocycles. The Morgan fingerprint density at radius 1 is 1.33 bits per heavy atom. The Labute approximate surface area is 132 Å². The van der Waals surface area contributed by atoms with E-state index in [2.05, 4.69) is 57.6 Å². The van der Waals surface area contributed by atoms with Crippen LogP contribution in [0.25, 0.3) is 0 Å². The van der Waals surface area contributed by atoms with Gasteiger partial charge in [0.1, 0.15) is 0 Å². The summed E-state index contributed by atoms with van der Waals surface area (Å²) in [5, 5.41) is 10.6. The van der Waals surface area contributed by atoms with E-state index >= 15 is 0 Å². The summed E-state index contributed by atoms with van der Waals surface area (Å²) in [5.74, 6) is 1.31. The molecule has 18 heavy (non-hydrogen) atoms. The predicted molar refractivity (Wildman–Crippen MR) is 87.6 cm³/mol. The van der Waals surface area contributed by atoms with Gasteiger partial charge in [-0.2, -0.15) is 0 Å². The first-order valence-electron chi connectivity index (χ1n) is 6.74. The molecule has 1 unspecified atom stereocenters. The Hall–Kier alpha value is 0.390. The smallest absolute Gasteiger partial charge is 0.0829 e. The van der Waals surface area contributed by atoms with Gasteiger partial charge in [0.05, 0.1) is 6.10 Å². The lowest BCUT2D eigenvalue weighted by molar-refractivity contribution is 0.0723. The van der Waals surface area contributed by atoms with E-state index in [1.165, 1.54) is 22.8 Å². The van der Waals surface area contributed by atoms with E-state index in [4.69, 9.17) is 0 Å². The summed E-state index contributed by atoms with van der Waals surface area (Å²) in [6.45, 7) is 2.28. The summed E-state index contributed by atoms with van der Waals surface area (Å²) in [6, 6.07) is 6.20.